The summed E-state index contributed by atoms with van der Waals surface area (Å²) in [6.07, 6.45) is 5.45. The lowest BCUT2D eigenvalue weighted by atomic mass is 9.96. The van der Waals surface area contributed by atoms with Crippen LogP contribution in [0.4, 0.5) is 5.69 Å². The second-order valence-electron chi connectivity index (χ2n) is 7.73. The smallest absolute Gasteiger partial charge is 0.240 e. The van der Waals surface area contributed by atoms with Gasteiger partial charge >= 0.3 is 0 Å². The number of methoxy groups -OCH3 is 2. The lowest BCUT2D eigenvalue weighted by Crippen LogP contribution is -2.10. The largest absolute Gasteiger partial charge is 0.481 e. The Bertz CT molecular complexity index is 766. The zero-order valence-electron chi connectivity index (χ0n) is 15.9. The summed E-state index contributed by atoms with van der Waals surface area (Å²) in [4.78, 5) is 4.38. The fraction of sp³-hybridized carbons (Fsp3) is 0.500. The highest BCUT2D eigenvalue weighted by molar-refractivity contribution is 5.54. The van der Waals surface area contributed by atoms with Crippen molar-refractivity contribution in [2.45, 2.75) is 38.5 Å². The van der Waals surface area contributed by atoms with E-state index in [1.807, 2.05) is 12.1 Å². The van der Waals surface area contributed by atoms with E-state index in [0.29, 0.717) is 29.0 Å². The highest BCUT2D eigenvalue weighted by atomic mass is 16.5. The Kier molecular flexibility index (Phi) is 4.51. The summed E-state index contributed by atoms with van der Waals surface area (Å²) >= 11 is 0. The first-order chi connectivity index (χ1) is 12.7. The molecule has 0 amide bonds. The molecule has 4 nitrogen and oxygen atoms in total. The molecule has 2 aliphatic carbocycles. The molecule has 2 saturated carbocycles. The number of anilines is 1. The second kappa shape index (κ2) is 6.82. The summed E-state index contributed by atoms with van der Waals surface area (Å²) in [5, 5.41) is 3.60. The van der Waals surface area contributed by atoms with Gasteiger partial charge in [-0.05, 0) is 48.6 Å². The molecule has 0 aliphatic heterocycles. The summed E-state index contributed by atoms with van der Waals surface area (Å²) in [6.45, 7) is 3.12. The van der Waals surface area contributed by atoms with Crippen LogP contribution in [0.5, 0.6) is 11.8 Å². The minimum Gasteiger partial charge on any atom is -0.481 e. The first kappa shape index (κ1) is 17.2. The third-order valence-corrected chi connectivity index (χ3v) is 6.37. The van der Waals surface area contributed by atoms with E-state index in [0.717, 1.165) is 12.2 Å². The van der Waals surface area contributed by atoms with Crippen molar-refractivity contribution in [2.24, 2.45) is 11.3 Å². The van der Waals surface area contributed by atoms with Crippen molar-refractivity contribution in [1.82, 2.24) is 4.98 Å². The summed E-state index contributed by atoms with van der Waals surface area (Å²) in [5.41, 5.74) is 4.27. The Hall–Kier alpha value is -2.23. The van der Waals surface area contributed by atoms with Crippen molar-refractivity contribution < 1.29 is 9.47 Å². The first-order valence-electron chi connectivity index (χ1n) is 9.57. The van der Waals surface area contributed by atoms with Crippen molar-refractivity contribution in [2.75, 3.05) is 26.1 Å². The molecular formula is C22H28N2O2. The molecule has 2 aliphatic rings. The number of hydrogen-bond acceptors (Lipinski definition) is 4. The van der Waals surface area contributed by atoms with E-state index < -0.39 is 0 Å². The zero-order valence-corrected chi connectivity index (χ0v) is 15.9. The van der Waals surface area contributed by atoms with E-state index in [2.05, 4.69) is 41.5 Å². The van der Waals surface area contributed by atoms with Gasteiger partial charge in [-0.25, -0.2) is 0 Å². The lowest BCUT2D eigenvalue weighted by molar-refractivity contribution is 0.365. The number of benzene rings is 1. The normalized spacial score (nSPS) is 23.0. The van der Waals surface area contributed by atoms with Crippen LogP contribution in [0.15, 0.2) is 36.4 Å². The number of ether oxygens (including phenoxy) is 2. The van der Waals surface area contributed by atoms with Crippen LogP contribution in [0.1, 0.15) is 42.7 Å². The molecule has 4 heteroatoms. The summed E-state index contributed by atoms with van der Waals surface area (Å²) in [6, 6.07) is 13.0. The molecule has 1 aromatic carbocycles. The Balaban J connectivity index is 1.51. The molecule has 138 valence electrons. The first-order valence-corrected chi connectivity index (χ1v) is 9.57. The van der Waals surface area contributed by atoms with E-state index in [1.54, 1.807) is 14.2 Å². The number of pyridine rings is 1. The van der Waals surface area contributed by atoms with Gasteiger partial charge in [0.05, 0.1) is 19.9 Å². The number of aryl methyl sites for hydroxylation is 1. The Morgan fingerprint density at radius 3 is 2.42 bits per heavy atom. The number of nitrogens with one attached hydrogen (secondary N) is 1. The fourth-order valence-electron chi connectivity index (χ4n) is 5.00. The lowest BCUT2D eigenvalue weighted by Gasteiger charge is -2.12. The van der Waals surface area contributed by atoms with E-state index in [4.69, 9.17) is 9.47 Å². The molecular weight excluding hydrogens is 324 g/mol. The van der Waals surface area contributed by atoms with E-state index in [9.17, 15) is 0 Å². The minimum atomic E-state index is 0.495. The van der Waals surface area contributed by atoms with Crippen LogP contribution in [0.2, 0.25) is 0 Å². The summed E-state index contributed by atoms with van der Waals surface area (Å²) < 4.78 is 10.6. The molecule has 4 rings (SSSR count). The van der Waals surface area contributed by atoms with Gasteiger partial charge in [-0.1, -0.05) is 42.7 Å². The average molecular weight is 352 g/mol. The molecule has 1 spiro atoms. The van der Waals surface area contributed by atoms with Crippen molar-refractivity contribution in [3.63, 3.8) is 0 Å². The van der Waals surface area contributed by atoms with Crippen molar-refractivity contribution in [3.8, 4) is 11.8 Å². The molecule has 1 N–H and O–H groups in total. The van der Waals surface area contributed by atoms with Gasteiger partial charge in [-0.3, -0.25) is 0 Å². The maximum Gasteiger partial charge on any atom is 0.240 e. The van der Waals surface area contributed by atoms with E-state index >= 15 is 0 Å². The van der Waals surface area contributed by atoms with Crippen molar-refractivity contribution in [1.29, 1.82) is 0 Å². The van der Waals surface area contributed by atoms with Crippen LogP contribution >= 0.6 is 0 Å². The zero-order chi connectivity index (χ0) is 18.1. The number of hydrogen-bond donors (Lipinski definition) is 1. The number of nitrogens with zero attached hydrogens (tertiary/aromatic N) is 1. The number of aromatic nitrogens is 1. The van der Waals surface area contributed by atoms with E-state index in [-0.39, 0.29) is 0 Å². The van der Waals surface area contributed by atoms with Gasteiger partial charge in [0.25, 0.3) is 0 Å². The molecule has 26 heavy (non-hydrogen) atoms. The van der Waals surface area contributed by atoms with Crippen LogP contribution < -0.4 is 14.8 Å². The Morgan fingerprint density at radius 1 is 1.04 bits per heavy atom. The van der Waals surface area contributed by atoms with Crippen LogP contribution in [-0.2, 0) is 0 Å². The maximum atomic E-state index is 5.43. The summed E-state index contributed by atoms with van der Waals surface area (Å²) in [7, 11) is 3.27. The highest BCUT2D eigenvalue weighted by Gasteiger charge is 2.64. The molecule has 2 aromatic rings. The quantitative estimate of drug-likeness (QED) is 0.811. The topological polar surface area (TPSA) is 43.4 Å². The SMILES string of the molecule is COc1ccc(NC[C@@H]2[C@@H](c3ccc(C)cc3)C23CCCC3)c(OC)n1. The summed E-state index contributed by atoms with van der Waals surface area (Å²) in [5.74, 6) is 2.52. The molecule has 0 unspecified atom stereocenters. The van der Waals surface area contributed by atoms with Crippen molar-refractivity contribution >= 4 is 5.69 Å². The monoisotopic (exact) mass is 352 g/mol. The van der Waals surface area contributed by atoms with Gasteiger partial charge in [0.1, 0.15) is 0 Å². The van der Waals surface area contributed by atoms with Crippen LogP contribution in [0, 0.1) is 18.3 Å². The van der Waals surface area contributed by atoms with Crippen LogP contribution in [0.3, 0.4) is 0 Å². The second-order valence-corrected chi connectivity index (χ2v) is 7.73. The van der Waals surface area contributed by atoms with Gasteiger partial charge in [0, 0.05) is 12.6 Å². The Labute approximate surface area is 155 Å². The minimum absolute atomic E-state index is 0.495. The molecule has 2 fully saturated rings. The molecule has 0 bridgehead atoms. The molecule has 1 heterocycles. The van der Waals surface area contributed by atoms with Gasteiger partial charge < -0.3 is 14.8 Å². The molecule has 2 atom stereocenters. The third kappa shape index (κ3) is 2.91. The van der Waals surface area contributed by atoms with Gasteiger partial charge in [0.2, 0.25) is 11.8 Å². The van der Waals surface area contributed by atoms with Crippen LogP contribution in [-0.4, -0.2) is 25.7 Å². The van der Waals surface area contributed by atoms with E-state index in [1.165, 1.54) is 36.8 Å². The van der Waals surface area contributed by atoms with Crippen molar-refractivity contribution in [3.05, 3.63) is 47.5 Å². The van der Waals surface area contributed by atoms with Gasteiger partial charge in [-0.15, -0.1) is 0 Å². The van der Waals surface area contributed by atoms with Gasteiger partial charge in [-0.2, -0.15) is 4.98 Å². The van der Waals surface area contributed by atoms with Gasteiger partial charge in [0.15, 0.2) is 0 Å². The predicted molar refractivity (Wildman–Crippen MR) is 104 cm³/mol. The maximum absolute atomic E-state index is 5.43. The Morgan fingerprint density at radius 2 is 1.77 bits per heavy atom. The fourth-order valence-corrected chi connectivity index (χ4v) is 5.00. The third-order valence-electron chi connectivity index (χ3n) is 6.37. The molecule has 1 aromatic heterocycles. The average Bonchev–Trinajstić information content (AvgIpc) is 3.01. The number of rotatable bonds is 6. The standard InChI is InChI=1S/C22H28N2O2/c1-15-6-8-16(9-7-15)20-17(22(20)12-4-5-13-22)14-23-18-10-11-19(25-2)24-21(18)26-3/h6-11,17,20,23H,4-5,12-14H2,1-3H3/t17-,20-/m1/s1. The molecule has 0 saturated heterocycles. The highest BCUT2D eigenvalue weighted by Crippen LogP contribution is 2.72. The molecule has 0 radical (unpaired) electrons. The predicted octanol–water partition coefficient (Wildman–Crippen LogP) is 4.79. The van der Waals surface area contributed by atoms with Crippen LogP contribution in [0.25, 0.3) is 0 Å².